The van der Waals surface area contributed by atoms with E-state index in [-0.39, 0.29) is 36.7 Å². The van der Waals surface area contributed by atoms with Gasteiger partial charge in [0.1, 0.15) is 0 Å². The summed E-state index contributed by atoms with van der Waals surface area (Å²) in [6, 6.07) is 5.92. The Morgan fingerprint density at radius 2 is 1.67 bits per heavy atom. The van der Waals surface area contributed by atoms with Crippen molar-refractivity contribution < 1.29 is 29.0 Å². The Balaban J connectivity index is 2.05. The summed E-state index contributed by atoms with van der Waals surface area (Å²) in [5, 5.41) is 9.63. The quantitative estimate of drug-likeness (QED) is 0.230. The van der Waals surface area contributed by atoms with Gasteiger partial charge < -0.3 is 24.5 Å². The number of carboxylic acids is 1. The van der Waals surface area contributed by atoms with Gasteiger partial charge in [-0.25, -0.2) is 9.78 Å². The van der Waals surface area contributed by atoms with Crippen molar-refractivity contribution in [3.63, 3.8) is 0 Å². The van der Waals surface area contributed by atoms with E-state index < -0.39 is 17.9 Å². The largest absolute Gasteiger partial charge is 0.481 e. The number of nitrogens with zero attached hydrogens (tertiary/aromatic N) is 2. The number of carboxylic acid groups (broad SMARTS) is 1. The first kappa shape index (κ1) is 32.4. The average molecular weight is 625 g/mol. The third kappa shape index (κ3) is 5.63. The van der Waals surface area contributed by atoms with E-state index in [1.807, 2.05) is 39.0 Å². The van der Waals surface area contributed by atoms with Gasteiger partial charge in [0, 0.05) is 51.6 Å². The maximum absolute atomic E-state index is 13.4. The molecule has 0 saturated carbocycles. The third-order valence-corrected chi connectivity index (χ3v) is 9.35. The molecule has 2 aliphatic heterocycles. The van der Waals surface area contributed by atoms with Crippen molar-refractivity contribution in [2.45, 2.75) is 72.1 Å². The van der Waals surface area contributed by atoms with E-state index in [9.17, 15) is 19.5 Å². The molecule has 5 heterocycles. The Kier molecular flexibility index (Phi) is 9.01. The minimum Gasteiger partial charge on any atom is -0.481 e. The van der Waals surface area contributed by atoms with Gasteiger partial charge in [0.05, 0.1) is 48.8 Å². The van der Waals surface area contributed by atoms with Crippen LogP contribution in [0.5, 0.6) is 0 Å². The minimum absolute atomic E-state index is 0.0963. The number of hydrogen-bond acceptors (Lipinski definition) is 7. The Labute approximate surface area is 267 Å². The zero-order chi connectivity index (χ0) is 33.4. The predicted molar refractivity (Wildman–Crippen MR) is 178 cm³/mol. The van der Waals surface area contributed by atoms with Gasteiger partial charge in [-0.3, -0.25) is 14.6 Å². The molecule has 10 nitrogen and oxygen atoms in total. The van der Waals surface area contributed by atoms with Crippen LogP contribution in [-0.4, -0.2) is 57.2 Å². The average Bonchev–Trinajstić information content (AvgIpc) is 3.71. The molecule has 0 saturated heterocycles. The fourth-order valence-electron chi connectivity index (χ4n) is 6.69. The van der Waals surface area contributed by atoms with E-state index in [4.69, 9.17) is 19.4 Å². The first-order valence-electron chi connectivity index (χ1n) is 15.4. The van der Waals surface area contributed by atoms with E-state index >= 15 is 0 Å². The van der Waals surface area contributed by atoms with Crippen LogP contribution in [0.1, 0.15) is 101 Å². The number of aromatic nitrogens is 4. The number of esters is 2. The lowest BCUT2D eigenvalue weighted by Crippen LogP contribution is -2.13. The molecule has 0 spiro atoms. The zero-order valence-corrected chi connectivity index (χ0v) is 27.4. The van der Waals surface area contributed by atoms with Crippen LogP contribution < -0.4 is 0 Å². The number of H-pyrrole nitrogens is 2. The maximum atomic E-state index is 13.4. The highest BCUT2D eigenvalue weighted by Gasteiger charge is 2.34. The van der Waals surface area contributed by atoms with E-state index in [1.54, 1.807) is 6.08 Å². The highest BCUT2D eigenvalue weighted by atomic mass is 16.5. The smallest absolute Gasteiger partial charge is 0.340 e. The molecule has 8 bridgehead atoms. The minimum atomic E-state index is -0.934. The molecule has 0 fully saturated rings. The second kappa shape index (κ2) is 12.8. The van der Waals surface area contributed by atoms with Crippen LogP contribution in [0, 0.1) is 13.8 Å². The highest BCUT2D eigenvalue weighted by Crippen LogP contribution is 2.43. The number of nitrogens with one attached hydrogen (secondary N) is 2. The highest BCUT2D eigenvalue weighted by molar-refractivity contribution is 6.03. The normalized spacial score (nSPS) is 16.0. The fourth-order valence-corrected chi connectivity index (χ4v) is 6.69. The SMILES string of the molecule is C=CC1=C(C)c2cc3nc(c(CC(=O)OC)c4[nH]c(cc5[nH]c(cc1n2)c(C)c5CC)c(C)c4C(=O)OC)[C@@H](CCC(=O)O)[C@@H]3C. The number of aliphatic carboxylic acids is 1. The van der Waals surface area contributed by atoms with Gasteiger partial charge in [0.25, 0.3) is 0 Å². The molecule has 2 aliphatic rings. The standard InChI is InChI=1S/C36H40N4O6/c1-9-21-17(3)25-14-27-19(5)23(11-12-31(41)42)34(39-27)24(13-32(43)45-7)35-33(36(44)46-8)20(6)28(40-35)16-30-22(10-2)18(4)26(38-30)15-29(21)37-25/h9,14-16,19,23,38,40H,1,10-13H2,2-8H3,(H,41,42)/t19-,23-/m0/s1. The summed E-state index contributed by atoms with van der Waals surface area (Å²) in [7, 11) is 2.62. The number of ether oxygens (including phenoxy) is 2. The van der Waals surface area contributed by atoms with Crippen LogP contribution in [0.15, 0.2) is 30.9 Å². The molecule has 2 atom stereocenters. The van der Waals surface area contributed by atoms with Crippen LogP contribution in [0.2, 0.25) is 0 Å². The predicted octanol–water partition coefficient (Wildman–Crippen LogP) is 6.86. The number of rotatable bonds is 8. The van der Waals surface area contributed by atoms with Gasteiger partial charge in [-0.05, 0) is 74.1 Å². The Morgan fingerprint density at radius 3 is 2.30 bits per heavy atom. The number of aryl methyl sites for hydroxylation is 3. The maximum Gasteiger partial charge on any atom is 0.340 e. The molecular weight excluding hydrogens is 584 g/mol. The molecule has 240 valence electrons. The molecule has 5 rings (SSSR count). The summed E-state index contributed by atoms with van der Waals surface area (Å²) < 4.78 is 10.3. The first-order chi connectivity index (χ1) is 21.9. The van der Waals surface area contributed by atoms with Crippen LogP contribution in [-0.2, 0) is 31.9 Å². The third-order valence-electron chi connectivity index (χ3n) is 9.35. The van der Waals surface area contributed by atoms with Gasteiger partial charge in [-0.15, -0.1) is 0 Å². The fraction of sp³-hybridized carbons (Fsp3) is 0.361. The molecule has 0 aliphatic carbocycles. The van der Waals surface area contributed by atoms with Gasteiger partial charge in [-0.1, -0.05) is 26.5 Å². The van der Waals surface area contributed by atoms with E-state index in [0.29, 0.717) is 33.5 Å². The van der Waals surface area contributed by atoms with Crippen LogP contribution in [0.4, 0.5) is 0 Å². The number of hydrogen-bond donors (Lipinski definition) is 3. The molecule has 3 aromatic rings. The van der Waals surface area contributed by atoms with Crippen molar-refractivity contribution in [2.24, 2.45) is 0 Å². The van der Waals surface area contributed by atoms with Crippen molar-refractivity contribution in [3.8, 4) is 0 Å². The summed E-state index contributed by atoms with van der Waals surface area (Å²) in [5.41, 5.74) is 11.0. The molecular formula is C36H40N4O6. The van der Waals surface area contributed by atoms with Crippen molar-refractivity contribution in [1.29, 1.82) is 0 Å². The van der Waals surface area contributed by atoms with Crippen LogP contribution >= 0.6 is 0 Å². The molecule has 0 unspecified atom stereocenters. The Morgan fingerprint density at radius 1 is 0.957 bits per heavy atom. The molecule has 3 N–H and O–H groups in total. The number of fused-ring (bicyclic) bond motifs is 8. The number of carbonyl (C=O) groups excluding carboxylic acids is 2. The van der Waals surface area contributed by atoms with Crippen LogP contribution in [0.3, 0.4) is 0 Å². The Bertz CT molecular complexity index is 1980. The van der Waals surface area contributed by atoms with Gasteiger partial charge in [0.2, 0.25) is 0 Å². The van der Waals surface area contributed by atoms with Crippen LogP contribution in [0.25, 0.3) is 33.2 Å². The summed E-state index contributed by atoms with van der Waals surface area (Å²) >= 11 is 0. The van der Waals surface area contributed by atoms with E-state index in [1.165, 1.54) is 14.2 Å². The van der Waals surface area contributed by atoms with Crippen molar-refractivity contribution >= 4 is 51.1 Å². The number of allylic oxidation sites excluding steroid dienone is 3. The van der Waals surface area contributed by atoms with Crippen molar-refractivity contribution in [3.05, 3.63) is 81.4 Å². The lowest BCUT2D eigenvalue weighted by Gasteiger charge is -2.17. The van der Waals surface area contributed by atoms with E-state index in [2.05, 4.69) is 30.4 Å². The number of aromatic amines is 2. The summed E-state index contributed by atoms with van der Waals surface area (Å²) in [5.74, 6) is -2.60. The molecule has 0 aromatic carbocycles. The second-order valence-electron chi connectivity index (χ2n) is 11.9. The summed E-state index contributed by atoms with van der Waals surface area (Å²) in [4.78, 5) is 55.2. The lowest BCUT2D eigenvalue weighted by molar-refractivity contribution is -0.140. The Hall–Kier alpha value is -4.99. The lowest BCUT2D eigenvalue weighted by atomic mass is 9.85. The van der Waals surface area contributed by atoms with Crippen molar-refractivity contribution in [2.75, 3.05) is 14.2 Å². The summed E-state index contributed by atoms with van der Waals surface area (Å²) in [6.45, 7) is 14.0. The monoisotopic (exact) mass is 624 g/mol. The zero-order valence-electron chi connectivity index (χ0n) is 27.4. The summed E-state index contributed by atoms with van der Waals surface area (Å²) in [6.07, 6.45) is 2.55. The van der Waals surface area contributed by atoms with Crippen molar-refractivity contribution in [1.82, 2.24) is 19.9 Å². The molecule has 0 amide bonds. The molecule has 0 radical (unpaired) electrons. The van der Waals surface area contributed by atoms with Gasteiger partial charge in [0.15, 0.2) is 0 Å². The number of methoxy groups -OCH3 is 2. The first-order valence-corrected chi connectivity index (χ1v) is 15.4. The second-order valence-corrected chi connectivity index (χ2v) is 11.9. The van der Waals surface area contributed by atoms with Gasteiger partial charge in [-0.2, -0.15) is 0 Å². The van der Waals surface area contributed by atoms with Gasteiger partial charge >= 0.3 is 17.9 Å². The topological polar surface area (TPSA) is 147 Å². The molecule has 3 aromatic heterocycles. The molecule has 46 heavy (non-hydrogen) atoms. The molecule has 10 heteroatoms. The van der Waals surface area contributed by atoms with E-state index in [0.717, 1.165) is 51.1 Å². The number of carbonyl (C=O) groups is 3.